The summed E-state index contributed by atoms with van der Waals surface area (Å²) in [6, 6.07) is 8.04. The SMILES string of the molecule is COC(=O)[C@@H](NC(=O)N[C@@H](Cc1ccccc1F)C(=O)CC1CCCCNC(=O)/C=C/[C@H](Cc2cccc(F)c2)NC1=O)C(C)C. The smallest absolute Gasteiger partial charge is 0.328 e. The molecule has 4 amide bonds. The molecule has 10 nitrogen and oxygen atoms in total. The summed E-state index contributed by atoms with van der Waals surface area (Å²) in [5, 5.41) is 10.8. The molecule has 4 atom stereocenters. The number of rotatable bonds is 11. The van der Waals surface area contributed by atoms with E-state index in [-0.39, 0.29) is 36.7 Å². The maximum absolute atomic E-state index is 14.6. The van der Waals surface area contributed by atoms with Crippen molar-refractivity contribution in [2.24, 2.45) is 11.8 Å². The Morgan fingerprint density at radius 2 is 1.78 bits per heavy atom. The number of carbonyl (C=O) groups excluding carboxylic acids is 5. The Bertz CT molecular complexity index is 1420. The number of amides is 4. The standard InChI is InChI=1S/C34H42F2N4O6/c1-21(2)31(33(44)46-3)40-34(45)39-28(19-23-10-4-5-13-27(23)36)29(41)20-24-11-6-7-16-37-30(42)15-14-26(38-32(24)43)18-22-9-8-12-25(35)17-22/h4-5,8-10,12-15,17,21,24,26,28,31H,6-7,11,16,18-20H2,1-3H3,(H,37,42)(H,38,43)(H2,39,40,45)/b15-14+/t24?,26-,28+,31+/m1/s1. The van der Waals surface area contributed by atoms with Gasteiger partial charge in [-0.3, -0.25) is 14.4 Å². The molecule has 0 bridgehead atoms. The molecule has 0 fully saturated rings. The van der Waals surface area contributed by atoms with Crippen LogP contribution in [-0.2, 0) is 36.8 Å². The van der Waals surface area contributed by atoms with Gasteiger partial charge in [0.05, 0.1) is 19.2 Å². The van der Waals surface area contributed by atoms with E-state index in [1.807, 2.05) is 0 Å². The molecular formula is C34H42F2N4O6. The van der Waals surface area contributed by atoms with Crippen molar-refractivity contribution in [3.8, 4) is 0 Å². The molecule has 1 aliphatic heterocycles. The van der Waals surface area contributed by atoms with Crippen molar-refractivity contribution in [2.75, 3.05) is 13.7 Å². The fourth-order valence-electron chi connectivity index (χ4n) is 5.18. The molecule has 4 N–H and O–H groups in total. The van der Waals surface area contributed by atoms with Crippen LogP contribution >= 0.6 is 0 Å². The van der Waals surface area contributed by atoms with Crippen LogP contribution < -0.4 is 21.3 Å². The van der Waals surface area contributed by atoms with Crippen LogP contribution in [0.3, 0.4) is 0 Å². The monoisotopic (exact) mass is 640 g/mol. The minimum atomic E-state index is -1.22. The van der Waals surface area contributed by atoms with Gasteiger partial charge in [0, 0.05) is 31.4 Å². The van der Waals surface area contributed by atoms with Crippen LogP contribution in [0.1, 0.15) is 50.7 Å². The van der Waals surface area contributed by atoms with E-state index in [0.717, 1.165) is 0 Å². The second-order valence-corrected chi connectivity index (χ2v) is 11.7. The van der Waals surface area contributed by atoms with Crippen LogP contribution in [0.2, 0.25) is 0 Å². The third-order valence-electron chi connectivity index (χ3n) is 7.73. The molecule has 0 aliphatic carbocycles. The maximum Gasteiger partial charge on any atom is 0.328 e. The maximum atomic E-state index is 14.6. The highest BCUT2D eigenvalue weighted by atomic mass is 19.1. The van der Waals surface area contributed by atoms with Crippen molar-refractivity contribution in [3.63, 3.8) is 0 Å². The lowest BCUT2D eigenvalue weighted by Gasteiger charge is -2.25. The number of carbonyl (C=O) groups is 5. The minimum absolute atomic E-state index is 0.186. The van der Waals surface area contributed by atoms with E-state index < -0.39 is 59.4 Å². The topological polar surface area (TPSA) is 143 Å². The van der Waals surface area contributed by atoms with E-state index >= 15 is 0 Å². The zero-order chi connectivity index (χ0) is 33.6. The third-order valence-corrected chi connectivity index (χ3v) is 7.73. The summed E-state index contributed by atoms with van der Waals surface area (Å²) in [7, 11) is 1.20. The van der Waals surface area contributed by atoms with Gasteiger partial charge in [-0.25, -0.2) is 18.4 Å². The summed E-state index contributed by atoms with van der Waals surface area (Å²) in [6.45, 7) is 3.80. The zero-order valence-electron chi connectivity index (χ0n) is 26.3. The van der Waals surface area contributed by atoms with Gasteiger partial charge in [0.1, 0.15) is 17.7 Å². The first-order valence-corrected chi connectivity index (χ1v) is 15.4. The minimum Gasteiger partial charge on any atom is -0.467 e. The molecule has 248 valence electrons. The highest BCUT2D eigenvalue weighted by Crippen LogP contribution is 2.19. The van der Waals surface area contributed by atoms with Gasteiger partial charge in [-0.1, -0.05) is 56.7 Å². The Hall–Kier alpha value is -4.61. The van der Waals surface area contributed by atoms with Crippen molar-refractivity contribution >= 4 is 29.6 Å². The second-order valence-electron chi connectivity index (χ2n) is 11.7. The summed E-state index contributed by atoms with van der Waals surface area (Å²) in [6.07, 6.45) is 3.98. The fourth-order valence-corrected chi connectivity index (χ4v) is 5.18. The molecule has 1 heterocycles. The number of hydrogen-bond donors (Lipinski definition) is 4. The number of urea groups is 1. The van der Waals surface area contributed by atoms with Crippen molar-refractivity contribution in [1.29, 1.82) is 0 Å². The van der Waals surface area contributed by atoms with Gasteiger partial charge in [-0.05, 0) is 54.5 Å². The predicted octanol–water partition coefficient (Wildman–Crippen LogP) is 3.53. The van der Waals surface area contributed by atoms with Crippen LogP contribution in [0, 0.1) is 23.5 Å². The molecular weight excluding hydrogens is 598 g/mol. The van der Waals surface area contributed by atoms with Crippen LogP contribution in [0.5, 0.6) is 0 Å². The largest absolute Gasteiger partial charge is 0.467 e. The molecule has 0 saturated carbocycles. The number of methoxy groups -OCH3 is 1. The number of hydrogen-bond acceptors (Lipinski definition) is 6. The average Bonchev–Trinajstić information content (AvgIpc) is 3.01. The first-order valence-electron chi connectivity index (χ1n) is 15.4. The van der Waals surface area contributed by atoms with Crippen LogP contribution in [0.25, 0.3) is 0 Å². The highest BCUT2D eigenvalue weighted by molar-refractivity contribution is 5.93. The van der Waals surface area contributed by atoms with E-state index in [9.17, 15) is 32.8 Å². The molecule has 3 rings (SSSR count). The van der Waals surface area contributed by atoms with Gasteiger partial charge in [0.25, 0.3) is 0 Å². The molecule has 2 aromatic rings. The number of nitrogens with one attached hydrogen (secondary N) is 4. The fraction of sp³-hybridized carbons (Fsp3) is 0.441. The number of Topliss-reactive ketones (excluding diaryl/α,β-unsaturated/α-hetero) is 1. The first-order chi connectivity index (χ1) is 22.0. The van der Waals surface area contributed by atoms with E-state index in [1.165, 1.54) is 49.6 Å². The van der Waals surface area contributed by atoms with Gasteiger partial charge in [-0.15, -0.1) is 0 Å². The Morgan fingerprint density at radius 1 is 1.02 bits per heavy atom. The number of halogens is 2. The number of ether oxygens (including phenoxy) is 1. The van der Waals surface area contributed by atoms with Gasteiger partial charge in [0.2, 0.25) is 11.8 Å². The van der Waals surface area contributed by atoms with Crippen molar-refractivity contribution in [3.05, 3.63) is 83.4 Å². The van der Waals surface area contributed by atoms with E-state index in [1.54, 1.807) is 32.0 Å². The molecule has 12 heteroatoms. The third kappa shape index (κ3) is 11.4. The number of benzene rings is 2. The van der Waals surface area contributed by atoms with E-state index in [0.29, 0.717) is 31.4 Å². The lowest BCUT2D eigenvalue weighted by molar-refractivity contribution is -0.144. The summed E-state index contributed by atoms with van der Waals surface area (Å²) >= 11 is 0. The van der Waals surface area contributed by atoms with Crippen LogP contribution in [0.15, 0.2) is 60.7 Å². The molecule has 46 heavy (non-hydrogen) atoms. The lowest BCUT2D eigenvalue weighted by Crippen LogP contribution is -2.53. The zero-order valence-corrected chi connectivity index (χ0v) is 26.3. The Kier molecular flexibility index (Phi) is 13.9. The highest BCUT2D eigenvalue weighted by Gasteiger charge is 2.31. The van der Waals surface area contributed by atoms with Crippen molar-refractivity contribution in [1.82, 2.24) is 21.3 Å². The number of ketones is 1. The molecule has 1 aliphatic rings. The van der Waals surface area contributed by atoms with E-state index in [2.05, 4.69) is 21.3 Å². The predicted molar refractivity (Wildman–Crippen MR) is 167 cm³/mol. The van der Waals surface area contributed by atoms with Crippen LogP contribution in [-0.4, -0.2) is 61.4 Å². The Labute approximate surface area is 267 Å². The molecule has 1 unspecified atom stereocenters. The van der Waals surface area contributed by atoms with Gasteiger partial charge >= 0.3 is 12.0 Å². The summed E-state index contributed by atoms with van der Waals surface area (Å²) < 4.78 is 33.3. The van der Waals surface area contributed by atoms with Crippen LogP contribution in [0.4, 0.5) is 13.6 Å². The molecule has 0 saturated heterocycles. The molecule has 0 aromatic heterocycles. The summed E-state index contributed by atoms with van der Waals surface area (Å²) in [5.74, 6) is -4.06. The van der Waals surface area contributed by atoms with Crippen molar-refractivity contribution < 1.29 is 37.5 Å². The Morgan fingerprint density at radius 3 is 2.48 bits per heavy atom. The van der Waals surface area contributed by atoms with Gasteiger partial charge in [0.15, 0.2) is 5.78 Å². The molecule has 0 spiro atoms. The average molecular weight is 641 g/mol. The van der Waals surface area contributed by atoms with Gasteiger partial charge < -0.3 is 26.0 Å². The number of esters is 1. The molecule has 2 aromatic carbocycles. The van der Waals surface area contributed by atoms with E-state index in [4.69, 9.17) is 4.74 Å². The summed E-state index contributed by atoms with van der Waals surface area (Å²) in [5.41, 5.74) is 0.788. The molecule has 0 radical (unpaired) electrons. The van der Waals surface area contributed by atoms with Gasteiger partial charge in [-0.2, -0.15) is 0 Å². The quantitative estimate of drug-likeness (QED) is 0.277. The second kappa shape index (κ2) is 17.8. The van der Waals surface area contributed by atoms with Crippen molar-refractivity contribution in [2.45, 2.75) is 70.5 Å². The lowest BCUT2D eigenvalue weighted by atomic mass is 9.90. The normalized spacial score (nSPS) is 19.3. The first kappa shape index (κ1) is 35.9. The Balaban J connectivity index is 1.83. The summed E-state index contributed by atoms with van der Waals surface area (Å²) in [4.78, 5) is 64.9.